The second kappa shape index (κ2) is 12.3. The van der Waals surface area contributed by atoms with E-state index >= 15 is 0 Å². The number of anilines is 1. The number of hydrogen-bond donors (Lipinski definition) is 2. The smallest absolute Gasteiger partial charge is 0.339 e. The molecule has 12 nitrogen and oxygen atoms in total. The average Bonchev–Trinajstić information content (AvgIpc) is 3.23. The van der Waals surface area contributed by atoms with Crippen LogP contribution in [-0.4, -0.2) is 65.7 Å². The number of benzene rings is 2. The Morgan fingerprint density at radius 1 is 1.05 bits per heavy atom. The van der Waals surface area contributed by atoms with Crippen LogP contribution in [0, 0.1) is 4.78 Å². The fourth-order valence-electron chi connectivity index (χ4n) is 4.51. The van der Waals surface area contributed by atoms with Crippen molar-refractivity contribution in [3.63, 3.8) is 0 Å². The lowest BCUT2D eigenvalue weighted by molar-refractivity contribution is -0.148. The summed E-state index contributed by atoms with van der Waals surface area (Å²) in [6, 6.07) is 16.3. The number of nitrogens with zero attached hydrogens (tertiary/aromatic N) is 5. The summed E-state index contributed by atoms with van der Waals surface area (Å²) < 4.78 is 28.7. The normalized spacial score (nSPS) is 13.4. The van der Waals surface area contributed by atoms with E-state index in [-0.39, 0.29) is 47.5 Å². The minimum absolute atomic E-state index is 0.00392. The van der Waals surface area contributed by atoms with Crippen molar-refractivity contribution in [2.75, 3.05) is 25.1 Å². The number of ether oxygens (including phenoxy) is 1. The molecule has 1 amide bonds. The number of imidazole rings is 1. The molecule has 0 saturated heterocycles. The van der Waals surface area contributed by atoms with Crippen LogP contribution in [0.2, 0.25) is 0 Å². The molecule has 0 spiro atoms. The number of amides is 1. The highest BCUT2D eigenvalue weighted by Gasteiger charge is 2.33. The van der Waals surface area contributed by atoms with Crippen molar-refractivity contribution in [2.24, 2.45) is 0 Å². The first kappa shape index (κ1) is 29.5. The maximum absolute atomic E-state index is 14.0. The van der Waals surface area contributed by atoms with Crippen LogP contribution in [0.15, 0.2) is 70.6 Å². The number of esters is 1. The van der Waals surface area contributed by atoms with Gasteiger partial charge in [0.25, 0.3) is 0 Å². The number of carbonyl (C=O) groups excluding carboxylic acids is 2. The van der Waals surface area contributed by atoms with Crippen LogP contribution in [0.3, 0.4) is 0 Å². The fraction of sp³-hybridized carbons (Fsp3) is 0.321. The zero-order valence-corrected chi connectivity index (χ0v) is 24.0. The van der Waals surface area contributed by atoms with E-state index in [0.717, 1.165) is 20.6 Å². The average molecular weight is 580 g/mol. The SMILES string of the molecule is CCCS(=N)(=O)c1nc(N)c2c(n1)n(Cc1ccccc1)c(=O)n2C(=O)N(C)C(Cc1ccccc1)C(=O)OCC. The summed E-state index contributed by atoms with van der Waals surface area (Å²) in [6.45, 7) is 3.58. The largest absolute Gasteiger partial charge is 0.464 e. The van der Waals surface area contributed by atoms with Gasteiger partial charge in [0, 0.05) is 19.2 Å². The minimum Gasteiger partial charge on any atom is -0.464 e. The Kier molecular flexibility index (Phi) is 8.86. The van der Waals surface area contributed by atoms with Gasteiger partial charge in [0.05, 0.1) is 13.2 Å². The van der Waals surface area contributed by atoms with E-state index in [1.165, 1.54) is 11.6 Å². The van der Waals surface area contributed by atoms with Crippen molar-refractivity contribution in [3.05, 3.63) is 82.3 Å². The molecule has 0 radical (unpaired) electrons. The molecule has 0 fully saturated rings. The number of likely N-dealkylation sites (N-methyl/N-ethyl adjacent to an activating group) is 1. The molecule has 4 aromatic rings. The summed E-state index contributed by atoms with van der Waals surface area (Å²) in [5.74, 6) is -0.903. The molecule has 2 aromatic carbocycles. The predicted molar refractivity (Wildman–Crippen MR) is 155 cm³/mol. The molecule has 0 aliphatic carbocycles. The van der Waals surface area contributed by atoms with E-state index in [4.69, 9.17) is 15.3 Å². The summed E-state index contributed by atoms with van der Waals surface area (Å²) >= 11 is 0. The van der Waals surface area contributed by atoms with Crippen LogP contribution in [0.4, 0.5) is 10.6 Å². The summed E-state index contributed by atoms with van der Waals surface area (Å²) in [5, 5.41) is -0.308. The molecule has 4 rings (SSSR count). The second-order valence-corrected chi connectivity index (χ2v) is 11.6. The molecule has 13 heteroatoms. The topological polar surface area (TPSA) is 166 Å². The van der Waals surface area contributed by atoms with Gasteiger partial charge in [0.1, 0.15) is 21.3 Å². The number of nitrogens with two attached hydrogens (primary N) is 1. The Bertz CT molecular complexity index is 1720. The van der Waals surface area contributed by atoms with Gasteiger partial charge in [0.15, 0.2) is 11.5 Å². The van der Waals surface area contributed by atoms with Crippen molar-refractivity contribution >= 4 is 38.7 Å². The predicted octanol–water partition coefficient (Wildman–Crippen LogP) is 3.11. The molecule has 2 aromatic heterocycles. The fourth-order valence-corrected chi connectivity index (χ4v) is 5.74. The lowest BCUT2D eigenvalue weighted by Gasteiger charge is -2.26. The van der Waals surface area contributed by atoms with Gasteiger partial charge >= 0.3 is 17.7 Å². The van der Waals surface area contributed by atoms with Crippen molar-refractivity contribution in [2.45, 2.75) is 44.4 Å². The van der Waals surface area contributed by atoms with Crippen LogP contribution in [0.1, 0.15) is 31.4 Å². The van der Waals surface area contributed by atoms with Crippen LogP contribution in [-0.2, 0) is 32.2 Å². The van der Waals surface area contributed by atoms with Crippen LogP contribution >= 0.6 is 0 Å². The van der Waals surface area contributed by atoms with Crippen LogP contribution in [0.25, 0.3) is 11.2 Å². The molecule has 0 saturated carbocycles. The molecule has 2 heterocycles. The van der Waals surface area contributed by atoms with Crippen molar-refractivity contribution in [3.8, 4) is 0 Å². The van der Waals surface area contributed by atoms with Gasteiger partial charge < -0.3 is 15.4 Å². The van der Waals surface area contributed by atoms with Crippen molar-refractivity contribution < 1.29 is 18.5 Å². The summed E-state index contributed by atoms with van der Waals surface area (Å²) in [6.07, 6.45) is 0.592. The third-order valence-corrected chi connectivity index (χ3v) is 8.29. The monoisotopic (exact) mass is 579 g/mol. The first-order valence-electron chi connectivity index (χ1n) is 13.2. The van der Waals surface area contributed by atoms with Gasteiger partial charge in [-0.15, -0.1) is 0 Å². The van der Waals surface area contributed by atoms with Gasteiger partial charge in [-0.2, -0.15) is 4.98 Å². The summed E-state index contributed by atoms with van der Waals surface area (Å²) in [7, 11) is -2.00. The highest BCUT2D eigenvalue weighted by molar-refractivity contribution is 7.92. The Labute approximate surface area is 237 Å². The van der Waals surface area contributed by atoms with Crippen molar-refractivity contribution in [1.29, 1.82) is 4.78 Å². The molecule has 3 N–H and O–H groups in total. The number of hydrogen-bond acceptors (Lipinski definition) is 9. The molecule has 2 atom stereocenters. The lowest BCUT2D eigenvalue weighted by atomic mass is 10.1. The first-order chi connectivity index (χ1) is 19.6. The second-order valence-electron chi connectivity index (χ2n) is 9.48. The number of fused-ring (bicyclic) bond motifs is 1. The Balaban J connectivity index is 1.89. The zero-order chi connectivity index (χ0) is 29.7. The van der Waals surface area contributed by atoms with E-state index in [1.807, 2.05) is 36.4 Å². The standard InChI is InChI=1S/C28H33N7O5S/c1-4-16-41(30,39)26-31-23(29)22-24(32-26)34(18-20-14-10-7-11-15-20)28(38)35(22)27(37)33(3)21(25(36)40-5-2)17-19-12-8-6-9-13-19/h6-15,21,30H,4-5,16-18H2,1-3H3,(H2,29,31,32). The Hall–Kier alpha value is -4.52. The number of nitrogen functional groups attached to an aromatic ring is 1. The number of nitrogens with one attached hydrogen (secondary N) is 1. The van der Waals surface area contributed by atoms with Crippen LogP contribution in [0.5, 0.6) is 0 Å². The van der Waals surface area contributed by atoms with Crippen LogP contribution < -0.4 is 11.4 Å². The maximum atomic E-state index is 14.0. The van der Waals surface area contributed by atoms with E-state index in [9.17, 15) is 18.6 Å². The molecule has 0 aliphatic heterocycles. The molecule has 0 bridgehead atoms. The van der Waals surface area contributed by atoms with E-state index in [1.54, 1.807) is 38.1 Å². The zero-order valence-electron chi connectivity index (χ0n) is 23.1. The van der Waals surface area contributed by atoms with Crippen molar-refractivity contribution in [1.82, 2.24) is 24.0 Å². The number of carbonyl (C=O) groups is 2. The Morgan fingerprint density at radius 2 is 1.66 bits per heavy atom. The lowest BCUT2D eigenvalue weighted by Crippen LogP contribution is -2.48. The highest BCUT2D eigenvalue weighted by atomic mass is 32.2. The molecule has 41 heavy (non-hydrogen) atoms. The third-order valence-electron chi connectivity index (χ3n) is 6.53. The van der Waals surface area contributed by atoms with Gasteiger partial charge in [-0.1, -0.05) is 67.6 Å². The quantitative estimate of drug-likeness (QED) is 0.214. The van der Waals surface area contributed by atoms with Gasteiger partial charge in [-0.3, -0.25) is 4.57 Å². The summed E-state index contributed by atoms with van der Waals surface area (Å²) in [4.78, 5) is 50.4. The molecule has 2 unspecified atom stereocenters. The van der Waals surface area contributed by atoms with Gasteiger partial charge in [-0.05, 0) is 24.5 Å². The molecular weight excluding hydrogens is 546 g/mol. The molecule has 216 valence electrons. The minimum atomic E-state index is -3.40. The van der Waals surface area contributed by atoms with E-state index in [0.29, 0.717) is 6.42 Å². The summed E-state index contributed by atoms with van der Waals surface area (Å²) in [5.41, 5.74) is 6.90. The highest BCUT2D eigenvalue weighted by Crippen LogP contribution is 2.23. The van der Waals surface area contributed by atoms with Gasteiger partial charge in [-0.25, -0.2) is 32.9 Å². The van der Waals surface area contributed by atoms with E-state index < -0.39 is 33.5 Å². The molecule has 0 aliphatic rings. The number of rotatable bonds is 10. The third kappa shape index (κ3) is 6.14. The number of aromatic nitrogens is 4. The Morgan fingerprint density at radius 3 is 2.24 bits per heavy atom. The first-order valence-corrected chi connectivity index (χ1v) is 14.9. The van der Waals surface area contributed by atoms with Gasteiger partial charge in [0.2, 0.25) is 5.16 Å². The van der Waals surface area contributed by atoms with E-state index in [2.05, 4.69) is 9.97 Å². The molecular formula is C28H33N7O5S. The maximum Gasteiger partial charge on any atom is 0.339 e.